The lowest BCUT2D eigenvalue weighted by atomic mass is 9.87. The molecule has 0 bridgehead atoms. The lowest BCUT2D eigenvalue weighted by molar-refractivity contribution is -0.595. The van der Waals surface area contributed by atoms with E-state index >= 15 is 0 Å². The van der Waals surface area contributed by atoms with Crippen molar-refractivity contribution in [2.24, 2.45) is 15.9 Å². The number of quaternary nitrogens is 1. The third-order valence-electron chi connectivity index (χ3n) is 5.11. The average molecular weight is 400 g/mol. The van der Waals surface area contributed by atoms with E-state index in [4.69, 9.17) is 11.8 Å². The van der Waals surface area contributed by atoms with Crippen molar-refractivity contribution < 1.29 is 8.80 Å². The lowest BCUT2D eigenvalue weighted by Crippen LogP contribution is -2.56. The van der Waals surface area contributed by atoms with Crippen molar-refractivity contribution in [1.82, 2.24) is 9.80 Å². The highest BCUT2D eigenvalue weighted by Gasteiger charge is 2.48. The Balaban J connectivity index is 1.64. The Morgan fingerprint density at radius 1 is 1.39 bits per heavy atom. The van der Waals surface area contributed by atoms with Gasteiger partial charge in [0.1, 0.15) is 11.9 Å². The second-order valence-corrected chi connectivity index (χ2v) is 7.68. The standard InChI is InChI=1S/C15H18BrClN5O/c1-20-6-4-11-3-2-10(9-21(11)15(20)23)13-12-8-18-5-7-22(12,17)14(16)19-13/h5,7-8,10-11H,2-4,6,9H2,1H3/q+1. The van der Waals surface area contributed by atoms with Gasteiger partial charge in [0, 0.05) is 48.0 Å². The molecule has 3 atom stereocenters. The number of piperidine rings is 1. The van der Waals surface area contributed by atoms with Crippen LogP contribution in [-0.2, 0) is 0 Å². The fourth-order valence-electron chi connectivity index (χ4n) is 3.77. The van der Waals surface area contributed by atoms with Gasteiger partial charge in [0.05, 0.1) is 12.4 Å². The van der Waals surface area contributed by atoms with E-state index in [2.05, 4.69) is 25.9 Å². The Labute approximate surface area is 148 Å². The summed E-state index contributed by atoms with van der Waals surface area (Å²) in [6, 6.07) is 0.492. The van der Waals surface area contributed by atoms with Crippen LogP contribution in [0.25, 0.3) is 0 Å². The molecule has 2 saturated heterocycles. The van der Waals surface area contributed by atoms with Gasteiger partial charge in [0.15, 0.2) is 11.8 Å². The Morgan fingerprint density at radius 2 is 2.22 bits per heavy atom. The molecule has 2 fully saturated rings. The molecular weight excluding hydrogens is 382 g/mol. The van der Waals surface area contributed by atoms with Crippen molar-refractivity contribution in [1.29, 1.82) is 0 Å². The van der Waals surface area contributed by atoms with E-state index < -0.39 is 0 Å². The Kier molecular flexibility index (Phi) is 3.62. The quantitative estimate of drug-likeness (QED) is 0.494. The molecule has 4 rings (SSSR count). The first kappa shape index (κ1) is 15.4. The molecule has 0 radical (unpaired) electrons. The molecule has 0 aromatic carbocycles. The molecule has 0 aromatic heterocycles. The zero-order chi connectivity index (χ0) is 16.2. The van der Waals surface area contributed by atoms with Crippen LogP contribution in [0, 0.1) is 5.92 Å². The van der Waals surface area contributed by atoms with E-state index in [0.717, 1.165) is 37.2 Å². The fraction of sp³-hybridized carbons (Fsp3) is 0.533. The number of hydrogen-bond donors (Lipinski definition) is 0. The van der Waals surface area contributed by atoms with Crippen LogP contribution in [0.1, 0.15) is 19.3 Å². The van der Waals surface area contributed by atoms with Crippen molar-refractivity contribution in [2.75, 3.05) is 20.1 Å². The normalized spacial score (nSPS) is 36.3. The largest absolute Gasteiger partial charge is 0.328 e. The predicted molar refractivity (Wildman–Crippen MR) is 93.0 cm³/mol. The Hall–Kier alpha value is -1.18. The van der Waals surface area contributed by atoms with Gasteiger partial charge < -0.3 is 9.80 Å². The summed E-state index contributed by atoms with van der Waals surface area (Å²) in [7, 11) is 1.87. The topological polar surface area (TPSA) is 48.3 Å². The maximum Gasteiger partial charge on any atom is 0.320 e. The molecule has 0 aliphatic carbocycles. The summed E-state index contributed by atoms with van der Waals surface area (Å²) in [5.41, 5.74) is 1.82. The van der Waals surface area contributed by atoms with Gasteiger partial charge in [-0.3, -0.25) is 4.99 Å². The van der Waals surface area contributed by atoms with E-state index in [0.29, 0.717) is 17.3 Å². The first-order chi connectivity index (χ1) is 11.0. The minimum atomic E-state index is 0.00656. The molecule has 122 valence electrons. The highest BCUT2D eigenvalue weighted by molar-refractivity contribution is 9.18. The zero-order valence-electron chi connectivity index (χ0n) is 12.8. The van der Waals surface area contributed by atoms with Gasteiger partial charge in [-0.05, 0) is 19.3 Å². The fourth-order valence-corrected chi connectivity index (χ4v) is 4.49. The lowest BCUT2D eigenvalue weighted by Gasteiger charge is -2.45. The van der Waals surface area contributed by atoms with Crippen LogP contribution in [0.2, 0.25) is 0 Å². The summed E-state index contributed by atoms with van der Waals surface area (Å²) in [5.74, 6) is 0.195. The summed E-state index contributed by atoms with van der Waals surface area (Å²) >= 11 is 10.1. The molecular formula is C15H18BrClN5O+. The summed E-state index contributed by atoms with van der Waals surface area (Å²) in [5, 5.41) is 0. The van der Waals surface area contributed by atoms with Crippen molar-refractivity contribution in [3.05, 3.63) is 23.8 Å². The second-order valence-electron chi connectivity index (χ2n) is 6.44. The van der Waals surface area contributed by atoms with Crippen LogP contribution in [-0.4, -0.2) is 57.0 Å². The number of aliphatic imine (C=N–C) groups is 2. The van der Waals surface area contributed by atoms with Gasteiger partial charge in [-0.15, -0.1) is 4.00 Å². The van der Waals surface area contributed by atoms with Crippen molar-refractivity contribution in [3.8, 4) is 0 Å². The summed E-state index contributed by atoms with van der Waals surface area (Å²) in [4.78, 5) is 25.1. The Morgan fingerprint density at radius 3 is 3.04 bits per heavy atom. The SMILES string of the molecule is CN1CCC2CCC(C3=C4C=NC=C[N+]4(Cl)C(Br)=N3)CN2C1=O. The number of allylic oxidation sites excluding steroid dienone is 1. The predicted octanol–water partition coefficient (Wildman–Crippen LogP) is 3.02. The second kappa shape index (κ2) is 5.43. The number of amides is 2. The number of carbonyl (C=O) groups excluding carboxylic acids is 1. The van der Waals surface area contributed by atoms with E-state index in [-0.39, 0.29) is 16.0 Å². The highest BCUT2D eigenvalue weighted by atomic mass is 79.9. The van der Waals surface area contributed by atoms with Gasteiger partial charge >= 0.3 is 6.03 Å². The van der Waals surface area contributed by atoms with Gasteiger partial charge in [-0.1, -0.05) is 0 Å². The number of rotatable bonds is 1. The molecule has 4 heterocycles. The molecule has 0 N–H and O–H groups in total. The van der Waals surface area contributed by atoms with Crippen LogP contribution >= 0.6 is 27.7 Å². The average Bonchev–Trinajstić information content (AvgIpc) is 2.83. The maximum atomic E-state index is 12.5. The van der Waals surface area contributed by atoms with Crippen LogP contribution in [0.4, 0.5) is 4.79 Å². The number of hydrogen-bond acceptors (Lipinski definition) is 3. The maximum absolute atomic E-state index is 12.5. The monoisotopic (exact) mass is 398 g/mol. The molecule has 2 amide bonds. The van der Waals surface area contributed by atoms with Crippen LogP contribution < -0.4 is 0 Å². The number of amidine groups is 1. The number of carbonyl (C=O) groups is 1. The molecule has 8 heteroatoms. The van der Waals surface area contributed by atoms with Gasteiger partial charge in [0.2, 0.25) is 5.70 Å². The summed E-state index contributed by atoms with van der Waals surface area (Å²) in [6.45, 7) is 1.55. The van der Waals surface area contributed by atoms with E-state index in [1.165, 1.54) is 0 Å². The molecule has 0 saturated carbocycles. The van der Waals surface area contributed by atoms with E-state index in [1.807, 2.05) is 11.9 Å². The molecule has 3 unspecified atom stereocenters. The number of fused-ring (bicyclic) bond motifs is 2. The minimum Gasteiger partial charge on any atom is -0.328 e. The van der Waals surface area contributed by atoms with E-state index in [9.17, 15) is 4.79 Å². The minimum absolute atomic E-state index is 0.00656. The third kappa shape index (κ3) is 2.28. The smallest absolute Gasteiger partial charge is 0.320 e. The molecule has 0 spiro atoms. The summed E-state index contributed by atoms with van der Waals surface area (Å²) < 4.78 is 0.655. The summed E-state index contributed by atoms with van der Waals surface area (Å²) in [6.07, 6.45) is 8.34. The Bertz CT molecular complexity index is 687. The molecule has 23 heavy (non-hydrogen) atoms. The first-order valence-electron chi connectivity index (χ1n) is 7.81. The van der Waals surface area contributed by atoms with Crippen LogP contribution in [0.15, 0.2) is 33.8 Å². The van der Waals surface area contributed by atoms with E-state index in [1.54, 1.807) is 23.5 Å². The zero-order valence-corrected chi connectivity index (χ0v) is 15.2. The molecule has 4 aliphatic heterocycles. The highest BCUT2D eigenvalue weighted by Crippen LogP contribution is 2.42. The van der Waals surface area contributed by atoms with Gasteiger partial charge in [-0.25, -0.2) is 4.79 Å². The van der Waals surface area contributed by atoms with Crippen molar-refractivity contribution in [2.45, 2.75) is 25.3 Å². The van der Waals surface area contributed by atoms with Crippen LogP contribution in [0.3, 0.4) is 0 Å². The van der Waals surface area contributed by atoms with Crippen LogP contribution in [0.5, 0.6) is 0 Å². The van der Waals surface area contributed by atoms with Gasteiger partial charge in [0.25, 0.3) is 4.74 Å². The first-order valence-corrected chi connectivity index (χ1v) is 8.94. The van der Waals surface area contributed by atoms with Crippen molar-refractivity contribution in [3.63, 3.8) is 0 Å². The van der Waals surface area contributed by atoms with Crippen molar-refractivity contribution >= 4 is 44.7 Å². The molecule has 4 aliphatic rings. The molecule has 0 aromatic rings. The molecule has 6 nitrogen and oxygen atoms in total. The third-order valence-corrected chi connectivity index (χ3v) is 6.51. The number of halogens is 2. The van der Waals surface area contributed by atoms with Gasteiger partial charge in [-0.2, -0.15) is 4.99 Å². The number of nitrogens with zero attached hydrogens (tertiary/aromatic N) is 5. The number of urea groups is 1.